The Bertz CT molecular complexity index is 589. The van der Waals surface area contributed by atoms with Crippen molar-refractivity contribution in [2.45, 2.75) is 16.8 Å². The van der Waals surface area contributed by atoms with Crippen LogP contribution >= 0.6 is 39.3 Å². The summed E-state index contributed by atoms with van der Waals surface area (Å²) in [4.78, 5) is 20.2. The summed E-state index contributed by atoms with van der Waals surface area (Å²) < 4.78 is 0.999. The maximum atomic E-state index is 11.0. The number of aldehydes is 1. The Kier molecular flexibility index (Phi) is 4.37. The van der Waals surface area contributed by atoms with Crippen molar-refractivity contribution in [2.75, 3.05) is 0 Å². The number of aryl methyl sites for hydroxylation is 1. The molecule has 0 spiro atoms. The van der Waals surface area contributed by atoms with Crippen LogP contribution in [0.5, 0.6) is 0 Å². The minimum absolute atomic E-state index is 0.192. The van der Waals surface area contributed by atoms with Gasteiger partial charge in [-0.1, -0.05) is 39.3 Å². The maximum absolute atomic E-state index is 11.0. The molecule has 2 rings (SSSR count). The molecular weight excluding hydrogens is 336 g/mol. The second kappa shape index (κ2) is 5.82. The molecule has 0 aliphatic heterocycles. The first-order valence-electron chi connectivity index (χ1n) is 5.03. The quantitative estimate of drug-likeness (QED) is 0.620. The zero-order valence-corrected chi connectivity index (χ0v) is 12.5. The van der Waals surface area contributed by atoms with Gasteiger partial charge in [0, 0.05) is 9.37 Å². The van der Waals surface area contributed by atoms with E-state index in [4.69, 9.17) is 11.6 Å². The molecule has 0 saturated carbocycles. The summed E-state index contributed by atoms with van der Waals surface area (Å²) in [5, 5.41) is 0.766. The SMILES string of the molecule is Cc1nc(Cl)c(C=O)c(Sc2ccc(Br)cc2)n1. The second-order valence-corrected chi connectivity index (χ2v) is 5.79. The summed E-state index contributed by atoms with van der Waals surface area (Å²) in [5.41, 5.74) is 0.329. The molecule has 0 saturated heterocycles. The molecule has 0 fully saturated rings. The van der Waals surface area contributed by atoms with Crippen molar-refractivity contribution in [1.82, 2.24) is 9.97 Å². The van der Waals surface area contributed by atoms with E-state index in [1.165, 1.54) is 11.8 Å². The van der Waals surface area contributed by atoms with Crippen LogP contribution in [-0.4, -0.2) is 16.3 Å². The van der Waals surface area contributed by atoms with Gasteiger partial charge in [-0.05, 0) is 31.2 Å². The first kappa shape index (κ1) is 13.5. The fourth-order valence-corrected chi connectivity index (χ4v) is 2.82. The van der Waals surface area contributed by atoms with Crippen molar-refractivity contribution in [3.8, 4) is 0 Å². The van der Waals surface area contributed by atoms with Crippen LogP contribution in [0, 0.1) is 6.92 Å². The van der Waals surface area contributed by atoms with Crippen LogP contribution in [0.2, 0.25) is 5.15 Å². The van der Waals surface area contributed by atoms with Gasteiger partial charge in [0.2, 0.25) is 0 Å². The standard InChI is InChI=1S/C12H8BrClN2OS/c1-7-15-11(14)10(6-17)12(16-7)18-9-4-2-8(13)3-5-9/h2-6H,1H3. The van der Waals surface area contributed by atoms with Gasteiger partial charge in [0.05, 0.1) is 5.56 Å². The summed E-state index contributed by atoms with van der Waals surface area (Å²) >= 11 is 10.7. The Morgan fingerprint density at radius 2 is 1.94 bits per heavy atom. The van der Waals surface area contributed by atoms with Crippen molar-refractivity contribution in [1.29, 1.82) is 0 Å². The molecule has 92 valence electrons. The molecule has 0 radical (unpaired) electrons. The van der Waals surface area contributed by atoms with Crippen molar-refractivity contribution in [2.24, 2.45) is 0 Å². The molecule has 1 heterocycles. The number of aromatic nitrogens is 2. The zero-order chi connectivity index (χ0) is 13.1. The average molecular weight is 344 g/mol. The van der Waals surface area contributed by atoms with E-state index >= 15 is 0 Å². The van der Waals surface area contributed by atoms with Gasteiger partial charge in [-0.25, -0.2) is 9.97 Å². The average Bonchev–Trinajstić information content (AvgIpc) is 2.32. The van der Waals surface area contributed by atoms with E-state index in [0.29, 0.717) is 22.7 Å². The van der Waals surface area contributed by atoms with Crippen LogP contribution in [0.15, 0.2) is 38.7 Å². The normalized spacial score (nSPS) is 10.4. The lowest BCUT2D eigenvalue weighted by atomic mass is 10.4. The van der Waals surface area contributed by atoms with E-state index in [2.05, 4.69) is 25.9 Å². The fraction of sp³-hybridized carbons (Fsp3) is 0.0833. The van der Waals surface area contributed by atoms with Gasteiger partial charge in [-0.15, -0.1) is 0 Å². The van der Waals surface area contributed by atoms with Crippen LogP contribution < -0.4 is 0 Å². The van der Waals surface area contributed by atoms with Gasteiger partial charge in [0.25, 0.3) is 0 Å². The number of benzene rings is 1. The van der Waals surface area contributed by atoms with Gasteiger partial charge in [0.15, 0.2) is 6.29 Å². The Morgan fingerprint density at radius 1 is 1.28 bits per heavy atom. The van der Waals surface area contributed by atoms with Crippen LogP contribution in [0.25, 0.3) is 0 Å². The molecule has 0 amide bonds. The molecule has 6 heteroatoms. The number of halogens is 2. The Balaban J connectivity index is 2.39. The first-order chi connectivity index (χ1) is 8.60. The van der Waals surface area contributed by atoms with E-state index in [1.807, 2.05) is 24.3 Å². The van der Waals surface area contributed by atoms with E-state index in [-0.39, 0.29) is 5.15 Å². The van der Waals surface area contributed by atoms with Crippen LogP contribution in [-0.2, 0) is 0 Å². The lowest BCUT2D eigenvalue weighted by Crippen LogP contribution is -1.98. The summed E-state index contributed by atoms with van der Waals surface area (Å²) in [7, 11) is 0. The number of hydrogen-bond acceptors (Lipinski definition) is 4. The van der Waals surface area contributed by atoms with Crippen molar-refractivity contribution in [3.63, 3.8) is 0 Å². The second-order valence-electron chi connectivity index (χ2n) is 3.45. The van der Waals surface area contributed by atoms with Gasteiger partial charge in [-0.2, -0.15) is 0 Å². The lowest BCUT2D eigenvalue weighted by Gasteiger charge is -2.06. The van der Waals surface area contributed by atoms with Gasteiger partial charge in [-0.3, -0.25) is 4.79 Å². The predicted molar refractivity (Wildman–Crippen MR) is 75.4 cm³/mol. The van der Waals surface area contributed by atoms with Gasteiger partial charge in [0.1, 0.15) is 16.0 Å². The first-order valence-corrected chi connectivity index (χ1v) is 7.01. The molecule has 1 aromatic heterocycles. The number of carbonyl (C=O) groups is 1. The smallest absolute Gasteiger partial charge is 0.155 e. The Labute approximate surface area is 122 Å². The summed E-state index contributed by atoms with van der Waals surface area (Å²) in [6.45, 7) is 1.74. The highest BCUT2D eigenvalue weighted by Crippen LogP contribution is 2.31. The number of rotatable bonds is 3. The molecule has 2 aromatic rings. The molecule has 0 aliphatic rings. The number of hydrogen-bond donors (Lipinski definition) is 0. The Hall–Kier alpha value is -0.910. The van der Waals surface area contributed by atoms with E-state index in [0.717, 1.165) is 9.37 Å². The summed E-state index contributed by atoms with van der Waals surface area (Å²) in [6, 6.07) is 7.74. The topological polar surface area (TPSA) is 42.9 Å². The highest BCUT2D eigenvalue weighted by molar-refractivity contribution is 9.10. The third-order valence-electron chi connectivity index (χ3n) is 2.12. The molecule has 18 heavy (non-hydrogen) atoms. The largest absolute Gasteiger partial charge is 0.298 e. The lowest BCUT2D eigenvalue weighted by molar-refractivity contribution is 0.112. The molecule has 0 bridgehead atoms. The third-order valence-corrected chi connectivity index (χ3v) is 3.95. The monoisotopic (exact) mass is 342 g/mol. The minimum Gasteiger partial charge on any atom is -0.298 e. The molecule has 0 N–H and O–H groups in total. The van der Waals surface area contributed by atoms with Gasteiger partial charge >= 0.3 is 0 Å². The molecule has 3 nitrogen and oxygen atoms in total. The predicted octanol–water partition coefficient (Wildman–Crippen LogP) is 4.16. The van der Waals surface area contributed by atoms with Crippen molar-refractivity contribution >= 4 is 45.6 Å². The molecule has 0 aliphatic carbocycles. The molecular formula is C12H8BrClN2OS. The zero-order valence-electron chi connectivity index (χ0n) is 9.35. The fourth-order valence-electron chi connectivity index (χ4n) is 1.31. The van der Waals surface area contributed by atoms with Crippen molar-refractivity contribution < 1.29 is 4.79 Å². The molecule has 1 aromatic carbocycles. The highest BCUT2D eigenvalue weighted by atomic mass is 79.9. The third kappa shape index (κ3) is 3.10. The van der Waals surface area contributed by atoms with E-state index < -0.39 is 0 Å². The van der Waals surface area contributed by atoms with E-state index in [9.17, 15) is 4.79 Å². The highest BCUT2D eigenvalue weighted by Gasteiger charge is 2.12. The molecule has 0 unspecified atom stereocenters. The summed E-state index contributed by atoms with van der Waals surface area (Å²) in [5.74, 6) is 0.546. The van der Waals surface area contributed by atoms with Crippen LogP contribution in [0.4, 0.5) is 0 Å². The number of carbonyl (C=O) groups excluding carboxylic acids is 1. The maximum Gasteiger partial charge on any atom is 0.155 e. The number of nitrogens with zero attached hydrogens (tertiary/aromatic N) is 2. The Morgan fingerprint density at radius 3 is 2.56 bits per heavy atom. The minimum atomic E-state index is 0.192. The molecule has 0 atom stereocenters. The van der Waals surface area contributed by atoms with Gasteiger partial charge < -0.3 is 0 Å². The van der Waals surface area contributed by atoms with Crippen LogP contribution in [0.1, 0.15) is 16.2 Å². The van der Waals surface area contributed by atoms with Crippen LogP contribution in [0.3, 0.4) is 0 Å². The van der Waals surface area contributed by atoms with Crippen molar-refractivity contribution in [3.05, 3.63) is 45.3 Å². The van der Waals surface area contributed by atoms with E-state index in [1.54, 1.807) is 6.92 Å². The summed E-state index contributed by atoms with van der Waals surface area (Å²) in [6.07, 6.45) is 0.683.